The van der Waals surface area contributed by atoms with Gasteiger partial charge >= 0.3 is 185 Å². The number of nitrogens with zero attached hydrogens (tertiary/aromatic N) is 4. The summed E-state index contributed by atoms with van der Waals surface area (Å²) < 4.78 is 17.0. The topological polar surface area (TPSA) is 43.1 Å². The Morgan fingerprint density at radius 3 is 2.00 bits per heavy atom. The van der Waals surface area contributed by atoms with Crippen LogP contribution in [0.1, 0.15) is 94.4 Å². The Kier molecular flexibility index (Phi) is 14.6. The van der Waals surface area contributed by atoms with Crippen LogP contribution in [0.4, 0.5) is 21.5 Å². The Morgan fingerprint density at radius 1 is 0.739 bits per heavy atom. The van der Waals surface area contributed by atoms with E-state index < -0.39 is 13.3 Å². The van der Waals surface area contributed by atoms with Crippen molar-refractivity contribution in [3.05, 3.63) is 197 Å². The van der Waals surface area contributed by atoms with Crippen molar-refractivity contribution in [3.63, 3.8) is 0 Å². The van der Waals surface area contributed by atoms with E-state index in [-0.39, 0.29) is 37.5 Å². The maximum atomic E-state index is 14.4. The van der Waals surface area contributed by atoms with Crippen LogP contribution >= 0.6 is 11.3 Å². The SMILES string of the molecule is CC(C)(C)c1cc(-c2[c-]cc(F)c(-c3ccccc3)c2)nc[c]1[Ge]([CH3])([CH3])[CH3].Cc1ccc2c(n1)sc1[c-]c(C3[N-]c4ccccc4N3c3c(C(C)C)cc(-c4ccccc4)cc3C(C)C)ccc12.[Ir+3]. The number of hydrogen-bond donors (Lipinski definition) is 0. The number of rotatable bonds is 8. The molecule has 4 heterocycles. The first-order chi connectivity index (χ1) is 32.5. The first-order valence-corrected chi connectivity index (χ1v) is 31.9. The zero-order valence-corrected chi connectivity index (χ0v) is 46.8. The summed E-state index contributed by atoms with van der Waals surface area (Å²) in [5.41, 5.74) is 15.3. The van der Waals surface area contributed by atoms with E-state index in [1.165, 1.54) is 54.7 Å². The monoisotopic (exact) mass is 1170 g/mol. The van der Waals surface area contributed by atoms with Gasteiger partial charge in [0.15, 0.2) is 0 Å². The molecule has 0 N–H and O–H groups in total. The van der Waals surface area contributed by atoms with Gasteiger partial charge in [0.25, 0.3) is 0 Å². The minimum Gasteiger partial charge on any atom is -0.661 e. The van der Waals surface area contributed by atoms with Gasteiger partial charge in [-0.25, -0.2) is 4.98 Å². The summed E-state index contributed by atoms with van der Waals surface area (Å²) in [6.07, 6.45) is 1.85. The Balaban J connectivity index is 0.000000200. The second kappa shape index (κ2) is 20.1. The smallest absolute Gasteiger partial charge is 0.661 e. The third-order valence-corrected chi connectivity index (χ3v) is 18.1. The van der Waals surface area contributed by atoms with Crippen LogP contribution in [0.25, 0.3) is 59.1 Å². The molecule has 3 aromatic heterocycles. The van der Waals surface area contributed by atoms with Crippen LogP contribution in [0.5, 0.6) is 0 Å². The van der Waals surface area contributed by atoms with Crippen molar-refractivity contribution in [3.8, 4) is 33.5 Å². The third kappa shape index (κ3) is 10.3. The normalized spacial score (nSPS) is 13.6. The van der Waals surface area contributed by atoms with Gasteiger partial charge in [0.2, 0.25) is 0 Å². The summed E-state index contributed by atoms with van der Waals surface area (Å²) in [5, 5.41) is 7.73. The molecule has 0 saturated carbocycles. The van der Waals surface area contributed by atoms with Gasteiger partial charge in [-0.1, -0.05) is 87.0 Å². The maximum Gasteiger partial charge on any atom is 3.00 e. The van der Waals surface area contributed by atoms with E-state index in [0.29, 0.717) is 17.4 Å². The Hall–Kier alpha value is -5.44. The van der Waals surface area contributed by atoms with Gasteiger partial charge in [-0.15, -0.1) is 22.4 Å². The molecule has 0 spiro atoms. The predicted molar refractivity (Wildman–Crippen MR) is 291 cm³/mol. The van der Waals surface area contributed by atoms with E-state index >= 15 is 0 Å². The summed E-state index contributed by atoms with van der Waals surface area (Å²) >= 11 is -0.333. The molecule has 0 amide bonds. The number of pyridine rings is 2. The van der Waals surface area contributed by atoms with Crippen LogP contribution in [0, 0.1) is 24.9 Å². The molecule has 350 valence electrons. The van der Waals surface area contributed by atoms with Crippen LogP contribution in [0.3, 0.4) is 0 Å². The zero-order valence-electron chi connectivity index (χ0n) is 41.5. The van der Waals surface area contributed by atoms with Gasteiger partial charge in [-0.05, 0) is 76.8 Å². The van der Waals surface area contributed by atoms with E-state index in [1.54, 1.807) is 11.3 Å². The van der Waals surface area contributed by atoms with Crippen molar-refractivity contribution >= 4 is 66.4 Å². The number of halogens is 1. The van der Waals surface area contributed by atoms with E-state index in [1.807, 2.05) is 43.3 Å². The second-order valence-corrected chi connectivity index (χ2v) is 32.3. The zero-order chi connectivity index (χ0) is 48.1. The fourth-order valence-corrected chi connectivity index (χ4v) is 14.0. The van der Waals surface area contributed by atoms with Gasteiger partial charge in [-0.2, -0.15) is 23.8 Å². The van der Waals surface area contributed by atoms with E-state index in [0.717, 1.165) is 49.0 Å². The first kappa shape index (κ1) is 50.0. The van der Waals surface area contributed by atoms with Gasteiger partial charge < -0.3 is 10.2 Å². The Bertz CT molecular complexity index is 3250. The molecular weight excluding hydrogens is 1100 g/mol. The minimum absolute atomic E-state index is 0. The number of benzene rings is 6. The molecule has 0 radical (unpaired) electrons. The van der Waals surface area contributed by atoms with Crippen molar-refractivity contribution in [2.45, 2.75) is 96.1 Å². The van der Waals surface area contributed by atoms with Crippen molar-refractivity contribution in [1.29, 1.82) is 0 Å². The molecular formula is C61H60FGeIrN4S. The molecule has 8 heteroatoms. The molecule has 4 nitrogen and oxygen atoms in total. The molecule has 0 aliphatic carbocycles. The number of fused-ring (bicyclic) bond motifs is 4. The van der Waals surface area contributed by atoms with Crippen LogP contribution in [0.2, 0.25) is 17.3 Å². The molecule has 1 aliphatic heterocycles. The minimum atomic E-state index is -2.05. The summed E-state index contributed by atoms with van der Waals surface area (Å²) in [5.74, 6) is 7.59. The summed E-state index contributed by atoms with van der Waals surface area (Å²) in [7, 11) is 0. The van der Waals surface area contributed by atoms with E-state index in [4.69, 9.17) is 15.3 Å². The maximum absolute atomic E-state index is 14.4. The van der Waals surface area contributed by atoms with Crippen molar-refractivity contribution in [1.82, 2.24) is 9.97 Å². The standard InChI is InChI=1S/C37H33N3S.C24H27FGeN.Ir/c1-22(2)30-19-27(25-11-7-6-8-12-25)20-31(23(3)4)35(30)40-33-14-10-9-13-32(33)39-36(40)26-16-18-28-29-17-15-24(5)38-37(29)41-34(28)21-26;1-24(2,3)20-15-23(27-16-22(20)26(4,5)6)18-12-13-21(25)19(14-18)17-10-8-7-9-11-17;/h6-20,22-23,36H,1-5H3;7-11,13-16H,1-6H3;/q-2;-1;+3. The number of aryl methyl sites for hydroxylation is 1. The third-order valence-electron chi connectivity index (χ3n) is 12.9. The number of para-hydroxylation sites is 2. The average Bonchev–Trinajstić information content (AvgIpc) is 3.89. The molecule has 6 aromatic carbocycles. The van der Waals surface area contributed by atoms with E-state index in [2.05, 4.69) is 186 Å². The van der Waals surface area contributed by atoms with Crippen molar-refractivity contribution in [2.24, 2.45) is 0 Å². The second-order valence-electron chi connectivity index (χ2n) is 20.7. The molecule has 0 saturated heterocycles. The number of anilines is 2. The number of aromatic nitrogens is 2. The number of hydrogen-bond acceptors (Lipinski definition) is 4. The summed E-state index contributed by atoms with van der Waals surface area (Å²) in [6.45, 7) is 18.0. The molecule has 69 heavy (non-hydrogen) atoms. The van der Waals surface area contributed by atoms with Gasteiger partial charge in [0.1, 0.15) is 4.83 Å². The largest absolute Gasteiger partial charge is 3.00 e. The van der Waals surface area contributed by atoms with Crippen molar-refractivity contribution in [2.75, 3.05) is 4.90 Å². The number of thiophene rings is 1. The van der Waals surface area contributed by atoms with Crippen LogP contribution in [0.15, 0.2) is 146 Å². The quantitative estimate of drug-likeness (QED) is 0.112. The van der Waals surface area contributed by atoms with Crippen LogP contribution in [-0.2, 0) is 25.5 Å². The van der Waals surface area contributed by atoms with E-state index in [9.17, 15) is 4.39 Å². The fraction of sp³-hybridized carbons (Fsp3) is 0.246. The van der Waals surface area contributed by atoms with Crippen molar-refractivity contribution < 1.29 is 24.5 Å². The molecule has 0 fully saturated rings. The first-order valence-electron chi connectivity index (χ1n) is 23.8. The predicted octanol–water partition coefficient (Wildman–Crippen LogP) is 17.5. The van der Waals surface area contributed by atoms with Crippen LogP contribution < -0.4 is 9.30 Å². The fourth-order valence-electron chi connectivity index (χ4n) is 9.31. The van der Waals surface area contributed by atoms with Gasteiger partial charge in [0.05, 0.1) is 0 Å². The molecule has 9 aromatic rings. The molecule has 10 rings (SSSR count). The molecule has 0 bridgehead atoms. The summed E-state index contributed by atoms with van der Waals surface area (Å²) in [6, 6.07) is 54.8. The Labute approximate surface area is 429 Å². The Morgan fingerprint density at radius 2 is 1.36 bits per heavy atom. The van der Waals surface area contributed by atoms with Crippen LogP contribution in [-0.4, -0.2) is 23.2 Å². The van der Waals surface area contributed by atoms with Gasteiger partial charge in [-0.3, -0.25) is 0 Å². The molecule has 1 atom stereocenters. The van der Waals surface area contributed by atoms with Gasteiger partial charge in [0, 0.05) is 17.1 Å². The molecule has 1 unspecified atom stereocenters. The summed E-state index contributed by atoms with van der Waals surface area (Å²) in [4.78, 5) is 13.1. The average molecular weight is 1170 g/mol. The molecule has 1 aliphatic rings.